The number of hydrogen-bond donors (Lipinski definition) is 1. The molecular weight excluding hydrogens is 382 g/mol. The molecule has 0 spiro atoms. The number of likely N-dealkylation sites (N-methyl/N-ethyl adjacent to an activating group) is 1. The van der Waals surface area contributed by atoms with E-state index < -0.39 is 0 Å². The van der Waals surface area contributed by atoms with Crippen LogP contribution in [0.5, 0.6) is 0 Å². The van der Waals surface area contributed by atoms with E-state index in [9.17, 15) is 4.79 Å². The van der Waals surface area contributed by atoms with Crippen LogP contribution in [-0.2, 0) is 13.0 Å². The SMILES string of the molecule is CN1CCc2ncnc(NC3CCC(n4nc(-n5cncn5)ccc4=O)CC3)c2C1. The summed E-state index contributed by atoms with van der Waals surface area (Å²) in [7, 11) is 2.13. The molecule has 2 aliphatic rings. The highest BCUT2D eigenvalue weighted by Crippen LogP contribution is 2.30. The number of aromatic nitrogens is 7. The van der Waals surface area contributed by atoms with Gasteiger partial charge < -0.3 is 10.2 Å². The van der Waals surface area contributed by atoms with Crippen LogP contribution in [0.2, 0.25) is 0 Å². The van der Waals surface area contributed by atoms with Crippen molar-refractivity contribution in [2.45, 2.75) is 50.7 Å². The second-order valence-corrected chi connectivity index (χ2v) is 8.10. The Morgan fingerprint density at radius 2 is 1.97 bits per heavy atom. The minimum Gasteiger partial charge on any atom is -0.367 e. The van der Waals surface area contributed by atoms with Crippen LogP contribution < -0.4 is 10.9 Å². The van der Waals surface area contributed by atoms with Crippen LogP contribution >= 0.6 is 0 Å². The highest BCUT2D eigenvalue weighted by molar-refractivity contribution is 5.47. The van der Waals surface area contributed by atoms with Gasteiger partial charge in [-0.05, 0) is 38.8 Å². The van der Waals surface area contributed by atoms with Crippen molar-refractivity contribution in [3.8, 4) is 5.82 Å². The molecule has 3 aromatic rings. The Kier molecular flexibility index (Phi) is 4.99. The lowest BCUT2D eigenvalue weighted by atomic mass is 9.91. The van der Waals surface area contributed by atoms with Crippen LogP contribution in [0.3, 0.4) is 0 Å². The maximum absolute atomic E-state index is 12.4. The Morgan fingerprint density at radius 3 is 2.77 bits per heavy atom. The molecule has 3 aromatic heterocycles. The molecule has 1 fully saturated rings. The topological polar surface area (TPSA) is 107 Å². The first-order valence-corrected chi connectivity index (χ1v) is 10.4. The summed E-state index contributed by atoms with van der Waals surface area (Å²) in [5.74, 6) is 1.56. The number of nitrogens with zero attached hydrogens (tertiary/aromatic N) is 8. The first-order valence-electron chi connectivity index (χ1n) is 10.4. The van der Waals surface area contributed by atoms with Crippen LogP contribution in [-0.4, -0.2) is 59.0 Å². The highest BCUT2D eigenvalue weighted by atomic mass is 16.1. The second kappa shape index (κ2) is 7.94. The molecule has 10 heteroatoms. The predicted octanol–water partition coefficient (Wildman–Crippen LogP) is 1.20. The smallest absolute Gasteiger partial charge is 0.267 e. The van der Waals surface area contributed by atoms with Crippen molar-refractivity contribution in [3.05, 3.63) is 52.7 Å². The summed E-state index contributed by atoms with van der Waals surface area (Å²) in [5, 5.41) is 12.3. The molecule has 1 saturated carbocycles. The van der Waals surface area contributed by atoms with Gasteiger partial charge in [0.25, 0.3) is 5.56 Å². The summed E-state index contributed by atoms with van der Waals surface area (Å²) < 4.78 is 3.17. The van der Waals surface area contributed by atoms with Crippen LogP contribution in [0.25, 0.3) is 5.82 Å². The van der Waals surface area contributed by atoms with Crippen molar-refractivity contribution in [3.63, 3.8) is 0 Å². The molecule has 5 rings (SSSR count). The van der Waals surface area contributed by atoms with Crippen molar-refractivity contribution in [1.29, 1.82) is 0 Å². The van der Waals surface area contributed by atoms with Gasteiger partial charge in [0, 0.05) is 37.2 Å². The van der Waals surface area contributed by atoms with E-state index in [1.165, 1.54) is 11.9 Å². The molecule has 0 bridgehead atoms. The van der Waals surface area contributed by atoms with Crippen LogP contribution in [0.4, 0.5) is 5.82 Å². The zero-order valence-electron chi connectivity index (χ0n) is 17.0. The molecular formula is C20H25N9O. The molecule has 1 aliphatic carbocycles. The molecule has 0 aromatic carbocycles. The average molecular weight is 407 g/mol. The van der Waals surface area contributed by atoms with E-state index in [2.05, 4.69) is 42.4 Å². The Labute approximate surface area is 174 Å². The van der Waals surface area contributed by atoms with Gasteiger partial charge in [0.05, 0.1) is 11.7 Å². The number of rotatable bonds is 4. The van der Waals surface area contributed by atoms with Crippen LogP contribution in [0.15, 0.2) is 35.9 Å². The zero-order chi connectivity index (χ0) is 20.5. The minimum absolute atomic E-state index is 0.0804. The van der Waals surface area contributed by atoms with Crippen molar-refractivity contribution in [1.82, 2.24) is 39.4 Å². The fraction of sp³-hybridized carbons (Fsp3) is 0.500. The van der Waals surface area contributed by atoms with Crippen LogP contribution in [0, 0.1) is 0 Å². The molecule has 0 unspecified atom stereocenters. The van der Waals surface area contributed by atoms with E-state index in [-0.39, 0.29) is 11.6 Å². The number of nitrogens with one attached hydrogen (secondary N) is 1. The molecule has 10 nitrogen and oxygen atoms in total. The molecule has 0 amide bonds. The predicted molar refractivity (Wildman–Crippen MR) is 110 cm³/mol. The largest absolute Gasteiger partial charge is 0.367 e. The normalized spacial score (nSPS) is 21.9. The lowest BCUT2D eigenvalue weighted by molar-refractivity contribution is 0.299. The van der Waals surface area contributed by atoms with E-state index in [0.29, 0.717) is 11.9 Å². The van der Waals surface area contributed by atoms with Gasteiger partial charge >= 0.3 is 0 Å². The molecule has 1 N–H and O–H groups in total. The molecule has 0 atom stereocenters. The number of fused-ring (bicyclic) bond motifs is 1. The third-order valence-corrected chi connectivity index (χ3v) is 6.04. The van der Waals surface area contributed by atoms with E-state index in [1.807, 2.05) is 0 Å². The Hall–Kier alpha value is -3.14. The van der Waals surface area contributed by atoms with Crippen LogP contribution in [0.1, 0.15) is 43.0 Å². The van der Waals surface area contributed by atoms with Crippen molar-refractivity contribution in [2.24, 2.45) is 0 Å². The Morgan fingerprint density at radius 1 is 1.10 bits per heavy atom. The molecule has 1 aliphatic heterocycles. The quantitative estimate of drug-likeness (QED) is 0.688. The van der Waals surface area contributed by atoms with E-state index in [4.69, 9.17) is 0 Å². The zero-order valence-corrected chi connectivity index (χ0v) is 17.0. The third kappa shape index (κ3) is 3.70. The number of anilines is 1. The van der Waals surface area contributed by atoms with Gasteiger partial charge in [-0.25, -0.2) is 24.3 Å². The fourth-order valence-electron chi connectivity index (χ4n) is 4.38. The maximum Gasteiger partial charge on any atom is 0.267 e. The van der Waals surface area contributed by atoms with Gasteiger partial charge in [-0.1, -0.05) is 0 Å². The van der Waals surface area contributed by atoms with Gasteiger partial charge in [0.2, 0.25) is 0 Å². The summed E-state index contributed by atoms with van der Waals surface area (Å²) in [4.78, 5) is 27.7. The standard InChI is InChI=1S/C20H25N9O/c1-27-9-8-17-16(10-27)20(23-12-22-17)25-14-2-4-15(5-3-14)29-19(30)7-6-18(26-29)28-13-21-11-24-28/h6-7,11-15H,2-5,8-10H2,1H3,(H,22,23,25). The van der Waals surface area contributed by atoms with E-state index in [0.717, 1.165) is 56.7 Å². The van der Waals surface area contributed by atoms with Gasteiger partial charge in [-0.15, -0.1) is 5.10 Å². The van der Waals surface area contributed by atoms with E-state index in [1.54, 1.807) is 34.2 Å². The van der Waals surface area contributed by atoms with Crippen molar-refractivity contribution in [2.75, 3.05) is 18.9 Å². The third-order valence-electron chi connectivity index (χ3n) is 6.04. The van der Waals surface area contributed by atoms with Gasteiger partial charge in [0.1, 0.15) is 24.8 Å². The Bertz CT molecular complexity index is 1070. The summed E-state index contributed by atoms with van der Waals surface area (Å²) >= 11 is 0. The van der Waals surface area contributed by atoms with Gasteiger partial charge in [-0.3, -0.25) is 4.79 Å². The molecule has 0 radical (unpaired) electrons. The second-order valence-electron chi connectivity index (χ2n) is 8.10. The highest BCUT2D eigenvalue weighted by Gasteiger charge is 2.26. The van der Waals surface area contributed by atoms with Crippen molar-refractivity contribution >= 4 is 5.82 Å². The monoisotopic (exact) mass is 407 g/mol. The first kappa shape index (κ1) is 18.9. The Balaban J connectivity index is 1.28. The lowest BCUT2D eigenvalue weighted by Crippen LogP contribution is -2.34. The summed E-state index contributed by atoms with van der Waals surface area (Å²) in [6.45, 7) is 1.91. The average Bonchev–Trinajstić information content (AvgIpc) is 3.30. The molecule has 30 heavy (non-hydrogen) atoms. The summed E-state index contributed by atoms with van der Waals surface area (Å²) in [5.41, 5.74) is 2.29. The fourth-order valence-corrected chi connectivity index (χ4v) is 4.38. The maximum atomic E-state index is 12.4. The summed E-state index contributed by atoms with van der Waals surface area (Å²) in [6.07, 6.45) is 9.36. The van der Waals surface area contributed by atoms with Gasteiger partial charge in [0.15, 0.2) is 5.82 Å². The van der Waals surface area contributed by atoms with E-state index >= 15 is 0 Å². The molecule has 156 valence electrons. The molecule has 4 heterocycles. The molecule has 0 saturated heterocycles. The first-order chi connectivity index (χ1) is 14.7. The van der Waals surface area contributed by atoms with Gasteiger partial charge in [-0.2, -0.15) is 5.10 Å². The number of hydrogen-bond acceptors (Lipinski definition) is 8. The summed E-state index contributed by atoms with van der Waals surface area (Å²) in [6, 6.07) is 3.65. The minimum atomic E-state index is -0.0804. The lowest BCUT2D eigenvalue weighted by Gasteiger charge is -2.31. The van der Waals surface area contributed by atoms with Crippen molar-refractivity contribution < 1.29 is 0 Å².